The molecule has 0 heteroatoms. The van der Waals surface area contributed by atoms with Crippen molar-refractivity contribution in [1.29, 1.82) is 0 Å². The van der Waals surface area contributed by atoms with Crippen molar-refractivity contribution in [2.45, 2.75) is 52.9 Å². The number of rotatable bonds is 0. The second kappa shape index (κ2) is 2.70. The fourth-order valence-electron chi connectivity index (χ4n) is 5.05. The number of allylic oxidation sites excluding steroid dienone is 1. The molecule has 4 atom stereocenters. The SMILES string of the molecule is C=C1[C@@H]2CC[C@H](C)[C@]23CC[C@@H](C3)C1(C)C. The van der Waals surface area contributed by atoms with E-state index >= 15 is 0 Å². The van der Waals surface area contributed by atoms with Crippen molar-refractivity contribution in [2.24, 2.45) is 28.6 Å². The fourth-order valence-corrected chi connectivity index (χ4v) is 5.05. The summed E-state index contributed by atoms with van der Waals surface area (Å²) in [6.45, 7) is 11.9. The molecule has 0 radical (unpaired) electrons. The number of hydrogen-bond donors (Lipinski definition) is 0. The highest BCUT2D eigenvalue weighted by Crippen LogP contribution is 2.69. The Kier molecular flexibility index (Phi) is 1.79. The molecule has 2 bridgehead atoms. The monoisotopic (exact) mass is 204 g/mol. The van der Waals surface area contributed by atoms with Gasteiger partial charge >= 0.3 is 0 Å². The summed E-state index contributed by atoms with van der Waals surface area (Å²) in [5.41, 5.74) is 2.71. The summed E-state index contributed by atoms with van der Waals surface area (Å²) >= 11 is 0. The summed E-state index contributed by atoms with van der Waals surface area (Å²) in [7, 11) is 0. The quantitative estimate of drug-likeness (QED) is 0.513. The topological polar surface area (TPSA) is 0 Å². The van der Waals surface area contributed by atoms with Crippen LogP contribution in [0.25, 0.3) is 0 Å². The van der Waals surface area contributed by atoms with Crippen LogP contribution in [0, 0.1) is 28.6 Å². The molecule has 3 aliphatic carbocycles. The van der Waals surface area contributed by atoms with E-state index in [0.29, 0.717) is 10.8 Å². The van der Waals surface area contributed by atoms with Gasteiger partial charge in [-0.15, -0.1) is 0 Å². The molecule has 0 aliphatic heterocycles. The number of hydrogen-bond acceptors (Lipinski definition) is 0. The van der Waals surface area contributed by atoms with Gasteiger partial charge in [0.1, 0.15) is 0 Å². The van der Waals surface area contributed by atoms with Crippen molar-refractivity contribution >= 4 is 0 Å². The van der Waals surface area contributed by atoms with E-state index in [1.807, 2.05) is 0 Å². The van der Waals surface area contributed by atoms with E-state index in [9.17, 15) is 0 Å². The highest BCUT2D eigenvalue weighted by molar-refractivity contribution is 5.26. The number of fused-ring (bicyclic) bond motifs is 1. The molecule has 15 heavy (non-hydrogen) atoms. The molecule has 0 heterocycles. The van der Waals surface area contributed by atoms with Crippen LogP contribution < -0.4 is 0 Å². The predicted octanol–water partition coefficient (Wildman–Crippen LogP) is 4.42. The van der Waals surface area contributed by atoms with Crippen LogP contribution in [0.1, 0.15) is 52.9 Å². The zero-order valence-corrected chi connectivity index (χ0v) is 10.5. The van der Waals surface area contributed by atoms with Crippen molar-refractivity contribution in [1.82, 2.24) is 0 Å². The average Bonchev–Trinajstić information content (AvgIpc) is 2.72. The third-order valence-electron chi connectivity index (χ3n) is 6.42. The van der Waals surface area contributed by atoms with E-state index < -0.39 is 0 Å². The molecular weight excluding hydrogens is 180 g/mol. The minimum Gasteiger partial charge on any atom is -0.0990 e. The summed E-state index contributed by atoms with van der Waals surface area (Å²) in [5, 5.41) is 0. The molecular formula is C15H24. The predicted molar refractivity (Wildman–Crippen MR) is 64.6 cm³/mol. The lowest BCUT2D eigenvalue weighted by Gasteiger charge is -2.48. The second-order valence-electron chi connectivity index (χ2n) is 6.95. The molecule has 3 aliphatic rings. The maximum atomic E-state index is 4.48. The van der Waals surface area contributed by atoms with E-state index in [4.69, 9.17) is 0 Å². The summed E-state index contributed by atoms with van der Waals surface area (Å²) in [6.07, 6.45) is 7.34. The van der Waals surface area contributed by atoms with Gasteiger partial charge in [0, 0.05) is 0 Å². The van der Waals surface area contributed by atoms with Crippen LogP contribution in [0.3, 0.4) is 0 Å². The van der Waals surface area contributed by atoms with E-state index in [1.165, 1.54) is 32.1 Å². The third-order valence-corrected chi connectivity index (χ3v) is 6.42. The van der Waals surface area contributed by atoms with Crippen LogP contribution in [-0.4, -0.2) is 0 Å². The van der Waals surface area contributed by atoms with Crippen molar-refractivity contribution in [3.05, 3.63) is 12.2 Å². The van der Waals surface area contributed by atoms with E-state index in [2.05, 4.69) is 27.4 Å². The smallest absolute Gasteiger partial charge is 0.0116 e. The van der Waals surface area contributed by atoms with Crippen molar-refractivity contribution in [2.75, 3.05) is 0 Å². The van der Waals surface area contributed by atoms with Gasteiger partial charge in [0.05, 0.1) is 0 Å². The Balaban J connectivity index is 2.07. The lowest BCUT2D eigenvalue weighted by molar-refractivity contribution is 0.0881. The first kappa shape index (κ1) is 9.93. The molecule has 0 saturated heterocycles. The van der Waals surface area contributed by atoms with Gasteiger partial charge in [-0.3, -0.25) is 0 Å². The molecule has 3 saturated carbocycles. The molecule has 0 nitrogen and oxygen atoms in total. The Morgan fingerprint density at radius 3 is 2.67 bits per heavy atom. The summed E-state index contributed by atoms with van der Waals surface area (Å²) in [6, 6.07) is 0. The van der Waals surface area contributed by atoms with Crippen LogP contribution in [-0.2, 0) is 0 Å². The van der Waals surface area contributed by atoms with Gasteiger partial charge in [-0.05, 0) is 60.7 Å². The Labute approximate surface area is 94.1 Å². The lowest BCUT2D eigenvalue weighted by atomic mass is 9.56. The molecule has 0 aromatic carbocycles. The molecule has 84 valence electrons. The van der Waals surface area contributed by atoms with Gasteiger partial charge in [-0.25, -0.2) is 0 Å². The first-order chi connectivity index (χ1) is 6.98. The van der Waals surface area contributed by atoms with Crippen LogP contribution in [0.15, 0.2) is 12.2 Å². The maximum Gasteiger partial charge on any atom is -0.0116 e. The molecule has 0 unspecified atom stereocenters. The van der Waals surface area contributed by atoms with E-state index in [-0.39, 0.29) is 0 Å². The van der Waals surface area contributed by atoms with Crippen molar-refractivity contribution in [3.63, 3.8) is 0 Å². The van der Waals surface area contributed by atoms with Crippen molar-refractivity contribution in [3.8, 4) is 0 Å². The summed E-state index contributed by atoms with van der Waals surface area (Å²) in [5.74, 6) is 2.75. The van der Waals surface area contributed by atoms with Gasteiger partial charge in [0.15, 0.2) is 0 Å². The first-order valence-electron chi connectivity index (χ1n) is 6.68. The Hall–Kier alpha value is -0.260. The van der Waals surface area contributed by atoms with E-state index in [1.54, 1.807) is 5.57 Å². The molecule has 0 N–H and O–H groups in total. The highest BCUT2D eigenvalue weighted by Gasteiger charge is 2.60. The van der Waals surface area contributed by atoms with Gasteiger partial charge in [0.2, 0.25) is 0 Å². The van der Waals surface area contributed by atoms with Gasteiger partial charge < -0.3 is 0 Å². The second-order valence-corrected chi connectivity index (χ2v) is 6.95. The van der Waals surface area contributed by atoms with Gasteiger partial charge in [-0.1, -0.05) is 32.9 Å². The normalized spacial score (nSPS) is 51.9. The van der Waals surface area contributed by atoms with Crippen LogP contribution >= 0.6 is 0 Å². The Morgan fingerprint density at radius 2 is 1.93 bits per heavy atom. The first-order valence-corrected chi connectivity index (χ1v) is 6.68. The minimum atomic E-state index is 0.425. The van der Waals surface area contributed by atoms with Gasteiger partial charge in [0.25, 0.3) is 0 Å². The van der Waals surface area contributed by atoms with E-state index in [0.717, 1.165) is 17.8 Å². The molecule has 1 spiro atoms. The maximum absolute atomic E-state index is 4.48. The largest absolute Gasteiger partial charge is 0.0990 e. The Morgan fingerprint density at radius 1 is 1.20 bits per heavy atom. The summed E-state index contributed by atoms with van der Waals surface area (Å²) < 4.78 is 0. The standard InChI is InChI=1S/C15H24/c1-10-5-6-13-11(2)14(3,4)12-7-8-15(10,13)9-12/h10,12-13H,2,5-9H2,1,3-4H3/t10-,12-,13-,15+/m0/s1. The summed E-state index contributed by atoms with van der Waals surface area (Å²) in [4.78, 5) is 0. The van der Waals surface area contributed by atoms with Crippen LogP contribution in [0.2, 0.25) is 0 Å². The van der Waals surface area contributed by atoms with Crippen molar-refractivity contribution < 1.29 is 0 Å². The Bertz CT molecular complexity index is 312. The highest BCUT2D eigenvalue weighted by atomic mass is 14.6. The molecule has 3 rings (SSSR count). The third kappa shape index (κ3) is 0.990. The molecule has 3 fully saturated rings. The minimum absolute atomic E-state index is 0.425. The lowest BCUT2D eigenvalue weighted by Crippen LogP contribution is -2.40. The molecule has 0 amide bonds. The fraction of sp³-hybridized carbons (Fsp3) is 0.867. The zero-order chi connectivity index (χ0) is 10.8. The zero-order valence-electron chi connectivity index (χ0n) is 10.5. The molecule has 0 aromatic heterocycles. The van der Waals surface area contributed by atoms with Gasteiger partial charge in [-0.2, -0.15) is 0 Å². The average molecular weight is 204 g/mol. The van der Waals surface area contributed by atoms with Crippen LogP contribution in [0.4, 0.5) is 0 Å². The van der Waals surface area contributed by atoms with Crippen LogP contribution in [0.5, 0.6) is 0 Å². The molecule has 0 aromatic rings.